The van der Waals surface area contributed by atoms with Crippen molar-refractivity contribution in [3.63, 3.8) is 0 Å². The average molecular weight is 263 g/mol. The van der Waals surface area contributed by atoms with Crippen LogP contribution in [0, 0.1) is 0 Å². The van der Waals surface area contributed by atoms with Gasteiger partial charge in [-0.1, -0.05) is 13.0 Å². The van der Waals surface area contributed by atoms with Crippen LogP contribution >= 0.6 is 0 Å². The third-order valence-electron chi connectivity index (χ3n) is 3.44. The minimum Gasteiger partial charge on any atom is -0.497 e. The summed E-state index contributed by atoms with van der Waals surface area (Å²) in [4.78, 5) is 23.2. The Morgan fingerprint density at radius 2 is 1.74 bits per heavy atom. The molecule has 1 aliphatic heterocycles. The molecule has 0 aliphatic carbocycles. The van der Waals surface area contributed by atoms with E-state index in [4.69, 9.17) is 9.47 Å². The Bertz CT molecular complexity index is 508. The number of rotatable bonds is 3. The smallest absolute Gasteiger partial charge is 0.227 e. The molecular weight excluding hydrogens is 246 g/mol. The van der Waals surface area contributed by atoms with Crippen LogP contribution in [0.4, 0.5) is 0 Å². The van der Waals surface area contributed by atoms with E-state index < -0.39 is 5.41 Å². The highest BCUT2D eigenvalue weighted by Crippen LogP contribution is 2.40. The maximum atomic E-state index is 11.6. The normalized spacial score (nSPS) is 17.8. The van der Waals surface area contributed by atoms with Crippen LogP contribution in [0.25, 0.3) is 0 Å². The average Bonchev–Trinajstić information content (AvgIpc) is 2.36. The molecule has 5 nitrogen and oxygen atoms in total. The first-order chi connectivity index (χ1) is 8.98. The van der Waals surface area contributed by atoms with Gasteiger partial charge in [-0.2, -0.15) is 0 Å². The first-order valence-corrected chi connectivity index (χ1v) is 6.04. The van der Waals surface area contributed by atoms with Crippen molar-refractivity contribution in [3.8, 4) is 11.5 Å². The number of ether oxygens (including phenoxy) is 2. The van der Waals surface area contributed by atoms with Gasteiger partial charge in [-0.15, -0.1) is 0 Å². The number of imide groups is 1. The van der Waals surface area contributed by atoms with Crippen LogP contribution in [-0.4, -0.2) is 26.0 Å². The van der Waals surface area contributed by atoms with Crippen molar-refractivity contribution in [2.75, 3.05) is 14.2 Å². The highest BCUT2D eigenvalue weighted by Gasteiger charge is 2.39. The molecule has 1 heterocycles. The number of carbonyl (C=O) groups is 2. The van der Waals surface area contributed by atoms with Gasteiger partial charge >= 0.3 is 0 Å². The SMILES string of the molecule is COc1ccc(C2(C)CC(=O)NC(=O)C2)c(OC)c1. The monoisotopic (exact) mass is 263 g/mol. The molecule has 1 saturated heterocycles. The molecule has 1 aromatic carbocycles. The van der Waals surface area contributed by atoms with Gasteiger partial charge in [0.1, 0.15) is 11.5 Å². The van der Waals surface area contributed by atoms with Crippen molar-refractivity contribution < 1.29 is 19.1 Å². The van der Waals surface area contributed by atoms with Crippen LogP contribution in [0.1, 0.15) is 25.3 Å². The van der Waals surface area contributed by atoms with Crippen molar-refractivity contribution in [1.29, 1.82) is 0 Å². The van der Waals surface area contributed by atoms with E-state index in [-0.39, 0.29) is 24.7 Å². The number of piperidine rings is 1. The standard InChI is InChI=1S/C14H17NO4/c1-14(7-12(16)15-13(17)8-14)10-5-4-9(18-2)6-11(10)19-3/h4-6H,7-8H2,1-3H3,(H,15,16,17). The van der Waals surface area contributed by atoms with E-state index in [9.17, 15) is 9.59 Å². The van der Waals surface area contributed by atoms with E-state index in [0.717, 1.165) is 5.56 Å². The summed E-state index contributed by atoms with van der Waals surface area (Å²) < 4.78 is 10.5. The Kier molecular flexibility index (Phi) is 3.46. The van der Waals surface area contributed by atoms with Gasteiger partial charge in [0, 0.05) is 29.9 Å². The van der Waals surface area contributed by atoms with Crippen molar-refractivity contribution in [2.45, 2.75) is 25.2 Å². The van der Waals surface area contributed by atoms with Gasteiger partial charge in [-0.3, -0.25) is 14.9 Å². The van der Waals surface area contributed by atoms with E-state index in [1.165, 1.54) is 0 Å². The molecule has 2 amide bonds. The zero-order chi connectivity index (χ0) is 14.0. The molecular formula is C14H17NO4. The summed E-state index contributed by atoms with van der Waals surface area (Å²) in [5.41, 5.74) is 0.302. The summed E-state index contributed by atoms with van der Waals surface area (Å²) in [5.74, 6) is 0.799. The molecule has 0 unspecified atom stereocenters. The third kappa shape index (κ3) is 2.54. The van der Waals surface area contributed by atoms with Crippen LogP contribution in [0.2, 0.25) is 0 Å². The summed E-state index contributed by atoms with van der Waals surface area (Å²) in [6.07, 6.45) is 0.531. The van der Waals surface area contributed by atoms with E-state index >= 15 is 0 Å². The molecule has 5 heteroatoms. The zero-order valence-corrected chi connectivity index (χ0v) is 11.3. The first-order valence-electron chi connectivity index (χ1n) is 6.04. The number of hydrogen-bond donors (Lipinski definition) is 1. The lowest BCUT2D eigenvalue weighted by atomic mass is 9.74. The van der Waals surface area contributed by atoms with Gasteiger partial charge in [0.2, 0.25) is 11.8 Å². The molecule has 1 aliphatic rings. The summed E-state index contributed by atoms with van der Waals surface area (Å²) in [6, 6.07) is 5.42. The molecule has 0 bridgehead atoms. The summed E-state index contributed by atoms with van der Waals surface area (Å²) in [7, 11) is 3.14. The lowest BCUT2D eigenvalue weighted by molar-refractivity contribution is -0.135. The van der Waals surface area contributed by atoms with Crippen LogP contribution in [-0.2, 0) is 15.0 Å². The van der Waals surface area contributed by atoms with E-state index in [1.54, 1.807) is 26.4 Å². The maximum absolute atomic E-state index is 11.6. The zero-order valence-electron chi connectivity index (χ0n) is 11.3. The van der Waals surface area contributed by atoms with Gasteiger partial charge in [0.05, 0.1) is 14.2 Å². The summed E-state index contributed by atoms with van der Waals surface area (Å²) in [5, 5.41) is 2.32. The second kappa shape index (κ2) is 4.91. The number of carbonyl (C=O) groups excluding carboxylic acids is 2. The number of hydrogen-bond acceptors (Lipinski definition) is 4. The second-order valence-electron chi connectivity index (χ2n) is 4.95. The van der Waals surface area contributed by atoms with Gasteiger partial charge in [-0.25, -0.2) is 0 Å². The molecule has 0 radical (unpaired) electrons. The predicted molar refractivity (Wildman–Crippen MR) is 69.3 cm³/mol. The predicted octanol–water partition coefficient (Wildman–Crippen LogP) is 1.40. The Morgan fingerprint density at radius 1 is 1.11 bits per heavy atom. The van der Waals surface area contributed by atoms with E-state index in [1.807, 2.05) is 13.0 Å². The lowest BCUT2D eigenvalue weighted by Gasteiger charge is -2.33. The molecule has 1 N–H and O–H groups in total. The molecule has 2 rings (SSSR count). The molecule has 1 aromatic rings. The van der Waals surface area contributed by atoms with Gasteiger partial charge in [0.25, 0.3) is 0 Å². The van der Waals surface area contributed by atoms with Crippen LogP contribution in [0.3, 0.4) is 0 Å². The van der Waals surface area contributed by atoms with Gasteiger partial charge in [-0.05, 0) is 6.07 Å². The quantitative estimate of drug-likeness (QED) is 0.837. The Balaban J connectivity index is 2.44. The topological polar surface area (TPSA) is 64.6 Å². The Labute approximate surface area is 111 Å². The lowest BCUT2D eigenvalue weighted by Crippen LogP contribution is -2.45. The Hall–Kier alpha value is -2.04. The van der Waals surface area contributed by atoms with Gasteiger partial charge < -0.3 is 9.47 Å². The van der Waals surface area contributed by atoms with Crippen LogP contribution in [0.5, 0.6) is 11.5 Å². The third-order valence-corrected chi connectivity index (χ3v) is 3.44. The van der Waals surface area contributed by atoms with Crippen LogP contribution in [0.15, 0.2) is 18.2 Å². The highest BCUT2D eigenvalue weighted by molar-refractivity contribution is 5.99. The molecule has 0 aromatic heterocycles. The molecule has 1 fully saturated rings. The minimum absolute atomic E-state index is 0.253. The summed E-state index contributed by atoms with van der Waals surface area (Å²) in [6.45, 7) is 1.90. The highest BCUT2D eigenvalue weighted by atomic mass is 16.5. The molecule has 102 valence electrons. The second-order valence-corrected chi connectivity index (χ2v) is 4.95. The molecule has 0 saturated carbocycles. The van der Waals surface area contributed by atoms with Crippen molar-refractivity contribution in [3.05, 3.63) is 23.8 Å². The van der Waals surface area contributed by atoms with Gasteiger partial charge in [0.15, 0.2) is 0 Å². The maximum Gasteiger partial charge on any atom is 0.227 e. The number of nitrogens with one attached hydrogen (secondary N) is 1. The number of methoxy groups -OCH3 is 2. The van der Waals surface area contributed by atoms with Crippen molar-refractivity contribution in [2.24, 2.45) is 0 Å². The fraction of sp³-hybridized carbons (Fsp3) is 0.429. The molecule has 0 spiro atoms. The number of benzene rings is 1. The van der Waals surface area contributed by atoms with Crippen molar-refractivity contribution >= 4 is 11.8 Å². The van der Waals surface area contributed by atoms with E-state index in [2.05, 4.69) is 5.32 Å². The first kappa shape index (κ1) is 13.4. The molecule has 19 heavy (non-hydrogen) atoms. The minimum atomic E-state index is -0.545. The fourth-order valence-corrected chi connectivity index (χ4v) is 2.50. The summed E-state index contributed by atoms with van der Waals surface area (Å²) >= 11 is 0. The largest absolute Gasteiger partial charge is 0.497 e. The molecule has 0 atom stereocenters. The van der Waals surface area contributed by atoms with Crippen molar-refractivity contribution in [1.82, 2.24) is 5.32 Å². The number of amides is 2. The Morgan fingerprint density at radius 3 is 2.26 bits per heavy atom. The van der Waals surface area contributed by atoms with E-state index in [0.29, 0.717) is 11.5 Å². The fourth-order valence-electron chi connectivity index (χ4n) is 2.50. The van der Waals surface area contributed by atoms with Crippen LogP contribution < -0.4 is 14.8 Å².